The van der Waals surface area contributed by atoms with Gasteiger partial charge in [-0.2, -0.15) is 0 Å². The highest BCUT2D eigenvalue weighted by Gasteiger charge is 2.34. The van der Waals surface area contributed by atoms with Gasteiger partial charge in [0, 0.05) is 31.2 Å². The molecule has 1 aliphatic rings. The molecular weight excluding hydrogens is 179 g/mol. The van der Waals surface area contributed by atoms with E-state index in [9.17, 15) is 4.39 Å². The van der Waals surface area contributed by atoms with Crippen molar-refractivity contribution >= 4 is 0 Å². The van der Waals surface area contributed by atoms with E-state index in [2.05, 4.69) is 31.0 Å². The first-order valence-corrected chi connectivity index (χ1v) is 5.67. The first-order valence-electron chi connectivity index (χ1n) is 5.67. The first-order chi connectivity index (χ1) is 6.62. The second-order valence-electron chi connectivity index (χ2n) is 4.62. The minimum absolute atomic E-state index is 0.196. The minimum atomic E-state index is -0.196. The number of rotatable bonds is 4. The molecule has 0 aromatic heterocycles. The van der Waals surface area contributed by atoms with E-state index in [0.717, 1.165) is 26.1 Å². The summed E-state index contributed by atoms with van der Waals surface area (Å²) in [5, 5.41) is 3.49. The van der Waals surface area contributed by atoms with E-state index in [1.165, 1.54) is 0 Å². The summed E-state index contributed by atoms with van der Waals surface area (Å²) >= 11 is 0. The molecule has 2 unspecified atom stereocenters. The predicted molar refractivity (Wildman–Crippen MR) is 58.3 cm³/mol. The van der Waals surface area contributed by atoms with E-state index >= 15 is 0 Å². The third kappa shape index (κ3) is 2.67. The lowest BCUT2D eigenvalue weighted by Crippen LogP contribution is -2.62. The smallest absolute Gasteiger partial charge is 0.0906 e. The van der Waals surface area contributed by atoms with Crippen molar-refractivity contribution in [3.63, 3.8) is 0 Å². The molecule has 0 amide bonds. The predicted octanol–water partition coefficient (Wildman–Crippen LogP) is 1.81. The Hall–Kier alpha value is -0.150. The summed E-state index contributed by atoms with van der Waals surface area (Å²) in [7, 11) is 0. The molecule has 1 heterocycles. The van der Waals surface area contributed by atoms with Crippen molar-refractivity contribution in [3.8, 4) is 0 Å². The molecule has 1 fully saturated rings. The van der Waals surface area contributed by atoms with Gasteiger partial charge in [0.25, 0.3) is 0 Å². The molecule has 84 valence electrons. The minimum Gasteiger partial charge on any atom is -0.311 e. The summed E-state index contributed by atoms with van der Waals surface area (Å²) in [6, 6.07) is 0.536. The number of nitrogens with one attached hydrogen (secondary N) is 1. The number of alkyl halides is 1. The maximum atomic E-state index is 12.2. The summed E-state index contributed by atoms with van der Waals surface area (Å²) in [4.78, 5) is 2.44. The van der Waals surface area contributed by atoms with E-state index in [4.69, 9.17) is 0 Å². The summed E-state index contributed by atoms with van der Waals surface area (Å²) in [6.45, 7) is 9.44. The molecule has 3 heteroatoms. The Bertz CT molecular complexity index is 175. The third-order valence-electron chi connectivity index (χ3n) is 3.41. The summed E-state index contributed by atoms with van der Waals surface area (Å²) in [6.07, 6.45) is 1.79. The van der Waals surface area contributed by atoms with Crippen LogP contribution in [0.15, 0.2) is 0 Å². The van der Waals surface area contributed by atoms with E-state index in [0.29, 0.717) is 12.5 Å². The molecule has 0 aliphatic carbocycles. The second kappa shape index (κ2) is 5.08. The molecule has 1 saturated heterocycles. The molecular formula is C11H23FN2. The molecule has 0 bridgehead atoms. The number of nitrogens with zero attached hydrogens (tertiary/aromatic N) is 1. The van der Waals surface area contributed by atoms with Crippen molar-refractivity contribution in [1.29, 1.82) is 0 Å². The lowest BCUT2D eigenvalue weighted by Gasteiger charge is -2.47. The molecule has 0 saturated carbocycles. The largest absolute Gasteiger partial charge is 0.311 e. The first kappa shape index (κ1) is 11.9. The van der Waals surface area contributed by atoms with Crippen LogP contribution in [0.2, 0.25) is 0 Å². The molecule has 0 spiro atoms. The second-order valence-corrected chi connectivity index (χ2v) is 4.62. The molecule has 1 N–H and O–H groups in total. The molecule has 14 heavy (non-hydrogen) atoms. The van der Waals surface area contributed by atoms with Gasteiger partial charge in [-0.25, -0.2) is 0 Å². The van der Waals surface area contributed by atoms with Crippen LogP contribution in [0.25, 0.3) is 0 Å². The number of piperazine rings is 1. The zero-order valence-corrected chi connectivity index (χ0v) is 9.65. The maximum absolute atomic E-state index is 12.2. The van der Waals surface area contributed by atoms with Crippen LogP contribution in [0.3, 0.4) is 0 Å². The Morgan fingerprint density at radius 3 is 2.86 bits per heavy atom. The monoisotopic (exact) mass is 202 g/mol. The van der Waals surface area contributed by atoms with Crippen molar-refractivity contribution in [1.82, 2.24) is 10.2 Å². The summed E-state index contributed by atoms with van der Waals surface area (Å²) < 4.78 is 12.2. The van der Waals surface area contributed by atoms with Gasteiger partial charge in [-0.3, -0.25) is 9.29 Å². The summed E-state index contributed by atoms with van der Waals surface area (Å²) in [5.74, 6) is 0. The van der Waals surface area contributed by atoms with Crippen LogP contribution in [0, 0.1) is 0 Å². The van der Waals surface area contributed by atoms with E-state index in [1.807, 2.05) is 0 Å². The van der Waals surface area contributed by atoms with Gasteiger partial charge < -0.3 is 5.32 Å². The fourth-order valence-corrected chi connectivity index (χ4v) is 2.08. The molecule has 2 nitrogen and oxygen atoms in total. The SMILES string of the molecule is CCC1(C)CNC(C)CN1CCCF. The van der Waals surface area contributed by atoms with Crippen LogP contribution in [0.5, 0.6) is 0 Å². The van der Waals surface area contributed by atoms with Gasteiger partial charge >= 0.3 is 0 Å². The van der Waals surface area contributed by atoms with Crippen molar-refractivity contribution in [3.05, 3.63) is 0 Å². The zero-order valence-electron chi connectivity index (χ0n) is 9.65. The lowest BCUT2D eigenvalue weighted by molar-refractivity contribution is 0.0501. The van der Waals surface area contributed by atoms with Gasteiger partial charge in [0.1, 0.15) is 0 Å². The zero-order chi connectivity index (χ0) is 10.6. The molecule has 0 radical (unpaired) electrons. The third-order valence-corrected chi connectivity index (χ3v) is 3.41. The van der Waals surface area contributed by atoms with Crippen LogP contribution < -0.4 is 5.32 Å². The quantitative estimate of drug-likeness (QED) is 0.748. The average Bonchev–Trinajstić information content (AvgIpc) is 2.20. The molecule has 1 rings (SSSR count). The Labute approximate surface area is 86.9 Å². The fourth-order valence-electron chi connectivity index (χ4n) is 2.08. The Morgan fingerprint density at radius 1 is 1.57 bits per heavy atom. The highest BCUT2D eigenvalue weighted by molar-refractivity contribution is 4.93. The lowest BCUT2D eigenvalue weighted by atomic mass is 9.92. The molecule has 1 aliphatic heterocycles. The topological polar surface area (TPSA) is 15.3 Å². The average molecular weight is 202 g/mol. The van der Waals surface area contributed by atoms with Crippen molar-refractivity contribution < 1.29 is 4.39 Å². The maximum Gasteiger partial charge on any atom is 0.0906 e. The van der Waals surface area contributed by atoms with Crippen molar-refractivity contribution in [2.75, 3.05) is 26.3 Å². The van der Waals surface area contributed by atoms with Gasteiger partial charge in [-0.1, -0.05) is 6.92 Å². The van der Waals surface area contributed by atoms with Crippen LogP contribution in [0.4, 0.5) is 4.39 Å². The van der Waals surface area contributed by atoms with Crippen LogP contribution >= 0.6 is 0 Å². The number of hydrogen-bond donors (Lipinski definition) is 1. The molecule has 0 aromatic rings. The molecule has 2 atom stereocenters. The Balaban J connectivity index is 2.54. The van der Waals surface area contributed by atoms with Crippen LogP contribution in [0.1, 0.15) is 33.6 Å². The van der Waals surface area contributed by atoms with E-state index in [-0.39, 0.29) is 12.2 Å². The number of hydrogen-bond acceptors (Lipinski definition) is 2. The number of halogens is 1. The van der Waals surface area contributed by atoms with Gasteiger partial charge in [0.15, 0.2) is 0 Å². The highest BCUT2D eigenvalue weighted by atomic mass is 19.1. The van der Waals surface area contributed by atoms with Gasteiger partial charge in [0.05, 0.1) is 6.67 Å². The highest BCUT2D eigenvalue weighted by Crippen LogP contribution is 2.22. The van der Waals surface area contributed by atoms with Crippen LogP contribution in [-0.2, 0) is 0 Å². The molecule has 0 aromatic carbocycles. The van der Waals surface area contributed by atoms with E-state index in [1.54, 1.807) is 0 Å². The van der Waals surface area contributed by atoms with Gasteiger partial charge in [-0.05, 0) is 26.7 Å². The summed E-state index contributed by atoms with van der Waals surface area (Å²) in [5.41, 5.74) is 0.224. The van der Waals surface area contributed by atoms with Crippen LogP contribution in [-0.4, -0.2) is 42.8 Å². The normalized spacial score (nSPS) is 34.7. The van der Waals surface area contributed by atoms with Crippen molar-refractivity contribution in [2.24, 2.45) is 0 Å². The standard InChI is InChI=1S/C11H23FN2/c1-4-11(3)9-13-10(2)8-14(11)7-5-6-12/h10,13H,4-9H2,1-3H3. The van der Waals surface area contributed by atoms with Crippen molar-refractivity contribution in [2.45, 2.75) is 45.2 Å². The van der Waals surface area contributed by atoms with Gasteiger partial charge in [-0.15, -0.1) is 0 Å². The fraction of sp³-hybridized carbons (Fsp3) is 1.00. The van der Waals surface area contributed by atoms with Gasteiger partial charge in [0.2, 0.25) is 0 Å². The van der Waals surface area contributed by atoms with E-state index < -0.39 is 0 Å². The Morgan fingerprint density at radius 2 is 2.29 bits per heavy atom. The Kier molecular flexibility index (Phi) is 4.32.